The monoisotopic (exact) mass is 198 g/mol. The molecule has 0 unspecified atom stereocenters. The Bertz CT molecular complexity index is 385. The molecule has 0 heterocycles. The highest BCUT2D eigenvalue weighted by Gasteiger charge is 2.04. The molecule has 72 valence electrons. The number of hydrogen-bond acceptors (Lipinski definition) is 2. The average molecular weight is 198 g/mol. The Morgan fingerprint density at radius 1 is 1.08 bits per heavy atom. The minimum absolute atomic E-state index is 0.134. The van der Waals surface area contributed by atoms with Crippen molar-refractivity contribution in [3.63, 3.8) is 0 Å². The van der Waals surface area contributed by atoms with E-state index in [9.17, 15) is 8.42 Å². The molecule has 0 saturated heterocycles. The van der Waals surface area contributed by atoms with E-state index in [-0.39, 0.29) is 5.75 Å². The Kier molecular flexibility index (Phi) is 2.76. The van der Waals surface area contributed by atoms with Crippen LogP contribution in [-0.4, -0.2) is 14.7 Å². The summed E-state index contributed by atoms with van der Waals surface area (Å²) in [5.41, 5.74) is 3.09. The molecule has 1 rings (SSSR count). The van der Waals surface area contributed by atoms with Gasteiger partial charge in [-0.05, 0) is 19.4 Å². The van der Waals surface area contributed by atoms with Crippen molar-refractivity contribution in [2.75, 3.05) is 6.26 Å². The van der Waals surface area contributed by atoms with Crippen molar-refractivity contribution in [3.8, 4) is 0 Å². The molecule has 2 nitrogen and oxygen atoms in total. The van der Waals surface area contributed by atoms with Crippen molar-refractivity contribution in [1.29, 1.82) is 0 Å². The molecule has 0 N–H and O–H groups in total. The van der Waals surface area contributed by atoms with Gasteiger partial charge in [0.1, 0.15) is 0 Å². The number of benzene rings is 1. The van der Waals surface area contributed by atoms with Crippen molar-refractivity contribution in [2.45, 2.75) is 19.6 Å². The maximum atomic E-state index is 11.0. The second-order valence-corrected chi connectivity index (χ2v) is 5.71. The van der Waals surface area contributed by atoms with Crippen LogP contribution in [0.2, 0.25) is 0 Å². The predicted octanol–water partition coefficient (Wildman–Crippen LogP) is 1.85. The van der Waals surface area contributed by atoms with Gasteiger partial charge in [-0.25, -0.2) is 8.42 Å². The van der Waals surface area contributed by atoms with Crippen molar-refractivity contribution < 1.29 is 8.42 Å². The van der Waals surface area contributed by atoms with E-state index in [1.165, 1.54) is 6.26 Å². The zero-order valence-electron chi connectivity index (χ0n) is 8.16. The summed E-state index contributed by atoms with van der Waals surface area (Å²) in [6.07, 6.45) is 1.25. The van der Waals surface area contributed by atoms with E-state index < -0.39 is 9.84 Å². The maximum absolute atomic E-state index is 11.0. The van der Waals surface area contributed by atoms with E-state index in [1.807, 2.05) is 32.0 Å². The van der Waals surface area contributed by atoms with E-state index in [0.717, 1.165) is 16.7 Å². The van der Waals surface area contributed by atoms with Crippen LogP contribution in [0.25, 0.3) is 0 Å². The fraction of sp³-hybridized carbons (Fsp3) is 0.400. The number of rotatable bonds is 2. The smallest absolute Gasteiger partial charge is 0.151 e. The minimum atomic E-state index is -2.91. The van der Waals surface area contributed by atoms with Crippen molar-refractivity contribution in [2.24, 2.45) is 0 Å². The summed E-state index contributed by atoms with van der Waals surface area (Å²) < 4.78 is 22.0. The van der Waals surface area contributed by atoms with Crippen LogP contribution >= 0.6 is 0 Å². The van der Waals surface area contributed by atoms with Gasteiger partial charge < -0.3 is 0 Å². The van der Waals surface area contributed by atoms with E-state index in [0.29, 0.717) is 0 Å². The highest BCUT2D eigenvalue weighted by Crippen LogP contribution is 2.11. The first kappa shape index (κ1) is 10.3. The molecule has 3 heteroatoms. The van der Waals surface area contributed by atoms with Crippen molar-refractivity contribution in [1.82, 2.24) is 0 Å². The predicted molar refractivity (Wildman–Crippen MR) is 54.5 cm³/mol. The van der Waals surface area contributed by atoms with Crippen LogP contribution in [-0.2, 0) is 15.6 Å². The normalized spacial score (nSPS) is 11.6. The lowest BCUT2D eigenvalue weighted by molar-refractivity contribution is 0.601. The zero-order chi connectivity index (χ0) is 10.1. The number of sulfone groups is 1. The Morgan fingerprint density at radius 3 is 1.92 bits per heavy atom. The Morgan fingerprint density at radius 2 is 1.54 bits per heavy atom. The molecule has 0 aliphatic heterocycles. The molecule has 0 atom stereocenters. The average Bonchev–Trinajstić information content (AvgIpc) is 1.78. The van der Waals surface area contributed by atoms with E-state index >= 15 is 0 Å². The van der Waals surface area contributed by atoms with Crippen LogP contribution in [0.1, 0.15) is 16.7 Å². The molecule has 13 heavy (non-hydrogen) atoms. The third-order valence-corrected chi connectivity index (χ3v) is 2.57. The molecule has 0 bridgehead atoms. The molecule has 0 aromatic heterocycles. The van der Waals surface area contributed by atoms with Gasteiger partial charge >= 0.3 is 0 Å². The summed E-state index contributed by atoms with van der Waals surface area (Å²) in [6, 6.07) is 5.86. The van der Waals surface area contributed by atoms with Gasteiger partial charge in [0.25, 0.3) is 0 Å². The molecule has 1 aromatic carbocycles. The summed E-state index contributed by atoms with van der Waals surface area (Å²) in [6.45, 7) is 3.94. The molecule has 0 fully saturated rings. The van der Waals surface area contributed by atoms with Gasteiger partial charge in [-0.1, -0.05) is 29.3 Å². The minimum Gasteiger partial charge on any atom is -0.229 e. The van der Waals surface area contributed by atoms with Crippen molar-refractivity contribution >= 4 is 9.84 Å². The van der Waals surface area contributed by atoms with Gasteiger partial charge in [0.05, 0.1) is 5.75 Å². The van der Waals surface area contributed by atoms with E-state index in [2.05, 4.69) is 0 Å². The Balaban J connectivity index is 3.03. The Labute approximate surface area is 79.5 Å². The fourth-order valence-corrected chi connectivity index (χ4v) is 2.23. The van der Waals surface area contributed by atoms with E-state index in [4.69, 9.17) is 0 Å². The molecule has 0 saturated carbocycles. The highest BCUT2D eigenvalue weighted by molar-refractivity contribution is 7.89. The van der Waals surface area contributed by atoms with Crippen LogP contribution < -0.4 is 0 Å². The molecule has 0 radical (unpaired) electrons. The molecule has 0 amide bonds. The molecule has 1 aromatic rings. The lowest BCUT2D eigenvalue weighted by Crippen LogP contribution is -2.01. The first-order valence-corrected chi connectivity index (χ1v) is 6.18. The number of aryl methyl sites for hydroxylation is 2. The van der Waals surface area contributed by atoms with Crippen molar-refractivity contribution in [3.05, 3.63) is 34.9 Å². The summed E-state index contributed by atoms with van der Waals surface area (Å²) in [5.74, 6) is 0.134. The largest absolute Gasteiger partial charge is 0.229 e. The van der Waals surface area contributed by atoms with Crippen LogP contribution in [0.5, 0.6) is 0 Å². The third-order valence-electron chi connectivity index (χ3n) is 1.71. The fourth-order valence-electron chi connectivity index (χ4n) is 1.46. The van der Waals surface area contributed by atoms with E-state index in [1.54, 1.807) is 0 Å². The van der Waals surface area contributed by atoms with Gasteiger partial charge in [-0.3, -0.25) is 0 Å². The summed E-state index contributed by atoms with van der Waals surface area (Å²) in [7, 11) is -2.91. The SMILES string of the molecule is Cc1cc(C)cc(CS(C)(=O)=O)c1. The van der Waals surface area contributed by atoms with Gasteiger partial charge in [0.15, 0.2) is 9.84 Å². The first-order valence-electron chi connectivity index (χ1n) is 4.12. The van der Waals surface area contributed by atoms with Crippen LogP contribution in [0.4, 0.5) is 0 Å². The molecule has 0 spiro atoms. The van der Waals surface area contributed by atoms with Crippen LogP contribution in [0.3, 0.4) is 0 Å². The lowest BCUT2D eigenvalue weighted by atomic mass is 10.1. The summed E-state index contributed by atoms with van der Waals surface area (Å²) >= 11 is 0. The molecular formula is C10H14O2S. The molecule has 0 aliphatic carbocycles. The van der Waals surface area contributed by atoms with Crippen LogP contribution in [0.15, 0.2) is 18.2 Å². The maximum Gasteiger partial charge on any atom is 0.151 e. The van der Waals surface area contributed by atoms with Gasteiger partial charge in [-0.2, -0.15) is 0 Å². The Hall–Kier alpha value is -0.830. The first-order chi connectivity index (χ1) is 5.87. The standard InChI is InChI=1S/C10H14O2S/c1-8-4-9(2)6-10(5-8)7-13(3,11)12/h4-6H,7H2,1-3H3. The van der Waals surface area contributed by atoms with Gasteiger partial charge in [0, 0.05) is 6.26 Å². The second-order valence-electron chi connectivity index (χ2n) is 3.57. The van der Waals surface area contributed by atoms with Gasteiger partial charge in [-0.15, -0.1) is 0 Å². The lowest BCUT2D eigenvalue weighted by Gasteiger charge is -2.02. The number of hydrogen-bond donors (Lipinski definition) is 0. The van der Waals surface area contributed by atoms with Gasteiger partial charge in [0.2, 0.25) is 0 Å². The van der Waals surface area contributed by atoms with Crippen LogP contribution in [0, 0.1) is 13.8 Å². The second kappa shape index (κ2) is 3.50. The molecular weight excluding hydrogens is 184 g/mol. The molecule has 0 aliphatic rings. The summed E-state index contributed by atoms with van der Waals surface area (Å²) in [5, 5.41) is 0. The summed E-state index contributed by atoms with van der Waals surface area (Å²) in [4.78, 5) is 0. The quantitative estimate of drug-likeness (QED) is 0.726. The highest BCUT2D eigenvalue weighted by atomic mass is 32.2. The third kappa shape index (κ3) is 3.59. The zero-order valence-corrected chi connectivity index (χ0v) is 8.98. The topological polar surface area (TPSA) is 34.1 Å².